The second-order valence-electron chi connectivity index (χ2n) is 6.46. The number of rotatable bonds is 5. The molecule has 0 aliphatic carbocycles. The van der Waals surface area contributed by atoms with Crippen molar-refractivity contribution in [2.45, 2.75) is 46.3 Å². The Bertz CT molecular complexity index is 902. The molecule has 6 nitrogen and oxygen atoms in total. The summed E-state index contributed by atoms with van der Waals surface area (Å²) in [4.78, 5) is 19.7. The van der Waals surface area contributed by atoms with E-state index < -0.39 is 0 Å². The van der Waals surface area contributed by atoms with Crippen LogP contribution in [0.4, 0.5) is 5.82 Å². The van der Waals surface area contributed by atoms with Gasteiger partial charge in [0, 0.05) is 41.5 Å². The van der Waals surface area contributed by atoms with Gasteiger partial charge in [0.05, 0.1) is 17.4 Å². The van der Waals surface area contributed by atoms with Crippen LogP contribution in [0.2, 0.25) is 0 Å². The number of hydrogen-bond acceptors (Lipinski definition) is 7. The van der Waals surface area contributed by atoms with Crippen LogP contribution in [0.5, 0.6) is 0 Å². The molecule has 4 rings (SSSR count). The van der Waals surface area contributed by atoms with Crippen molar-refractivity contribution in [3.05, 3.63) is 51.4 Å². The van der Waals surface area contributed by atoms with Crippen molar-refractivity contribution in [3.8, 4) is 11.4 Å². The lowest BCUT2D eigenvalue weighted by atomic mass is 10.1. The van der Waals surface area contributed by atoms with Crippen LogP contribution in [0.3, 0.4) is 0 Å². The van der Waals surface area contributed by atoms with Crippen LogP contribution in [0.1, 0.15) is 46.2 Å². The molecule has 3 aromatic heterocycles. The number of fused-ring (bicyclic) bond motifs is 1. The number of thiazole rings is 1. The maximum Gasteiger partial charge on any atom is 0.161 e. The fourth-order valence-electron chi connectivity index (χ4n) is 3.07. The molecule has 0 saturated heterocycles. The van der Waals surface area contributed by atoms with E-state index in [9.17, 15) is 0 Å². The third kappa shape index (κ3) is 3.20. The predicted octanol–water partition coefficient (Wildman–Crippen LogP) is 3.78. The zero-order chi connectivity index (χ0) is 18.1. The van der Waals surface area contributed by atoms with Gasteiger partial charge in [-0.2, -0.15) is 0 Å². The second kappa shape index (κ2) is 7.09. The molecule has 0 unspecified atom stereocenters. The Morgan fingerprint density at radius 3 is 2.65 bits per heavy atom. The fraction of sp³-hybridized carbons (Fsp3) is 0.368. The number of anilines is 1. The Morgan fingerprint density at radius 1 is 1.15 bits per heavy atom. The molecular formula is C19H22N6S. The van der Waals surface area contributed by atoms with Crippen molar-refractivity contribution in [1.82, 2.24) is 25.3 Å². The summed E-state index contributed by atoms with van der Waals surface area (Å²) in [5.41, 5.74) is 4.31. The molecule has 0 aromatic carbocycles. The molecule has 1 atom stereocenters. The van der Waals surface area contributed by atoms with Gasteiger partial charge in [-0.25, -0.2) is 15.0 Å². The number of nitrogens with one attached hydrogen (secondary N) is 2. The lowest BCUT2D eigenvalue weighted by Gasteiger charge is -2.18. The van der Waals surface area contributed by atoms with E-state index >= 15 is 0 Å². The quantitative estimate of drug-likeness (QED) is 0.716. The van der Waals surface area contributed by atoms with Gasteiger partial charge in [-0.15, -0.1) is 11.3 Å². The summed E-state index contributed by atoms with van der Waals surface area (Å²) in [6, 6.07) is 4.04. The smallest absolute Gasteiger partial charge is 0.161 e. The Morgan fingerprint density at radius 2 is 1.96 bits per heavy atom. The van der Waals surface area contributed by atoms with Gasteiger partial charge in [-0.3, -0.25) is 4.98 Å². The van der Waals surface area contributed by atoms with Crippen molar-refractivity contribution in [2.24, 2.45) is 0 Å². The van der Waals surface area contributed by atoms with E-state index in [1.165, 1.54) is 4.88 Å². The first-order valence-corrected chi connectivity index (χ1v) is 9.68. The topological polar surface area (TPSA) is 75.6 Å². The summed E-state index contributed by atoms with van der Waals surface area (Å²) in [6.45, 7) is 7.93. The minimum absolute atomic E-state index is 0.150. The number of aromatic nitrogens is 4. The maximum absolute atomic E-state index is 4.84. The standard InChI is InChI=1S/C19H22N6S/c1-4-15(19-22-11(2)12(3)26-19)23-18-14-9-21-10-16(14)24-17(25-18)13-5-7-20-8-6-13/h5-8,15,21H,4,9-10H2,1-3H3,(H,23,24,25)/t15-/m0/s1. The Hall–Kier alpha value is -2.38. The van der Waals surface area contributed by atoms with Gasteiger partial charge in [-0.05, 0) is 32.4 Å². The zero-order valence-corrected chi connectivity index (χ0v) is 16.0. The molecular weight excluding hydrogens is 344 g/mol. The van der Waals surface area contributed by atoms with Crippen molar-refractivity contribution in [1.29, 1.82) is 0 Å². The van der Waals surface area contributed by atoms with E-state index in [1.807, 2.05) is 12.1 Å². The number of hydrogen-bond donors (Lipinski definition) is 2. The second-order valence-corrected chi connectivity index (χ2v) is 7.69. The number of aryl methyl sites for hydroxylation is 2. The molecule has 2 N–H and O–H groups in total. The zero-order valence-electron chi connectivity index (χ0n) is 15.2. The highest BCUT2D eigenvalue weighted by molar-refractivity contribution is 7.11. The lowest BCUT2D eigenvalue weighted by molar-refractivity contribution is 0.729. The summed E-state index contributed by atoms with van der Waals surface area (Å²) < 4.78 is 0. The number of pyridine rings is 1. The van der Waals surface area contributed by atoms with Crippen molar-refractivity contribution < 1.29 is 0 Å². The van der Waals surface area contributed by atoms with Crippen LogP contribution in [0, 0.1) is 13.8 Å². The minimum atomic E-state index is 0.150. The van der Waals surface area contributed by atoms with Gasteiger partial charge in [-0.1, -0.05) is 6.92 Å². The predicted molar refractivity (Wildman–Crippen MR) is 104 cm³/mol. The first-order chi connectivity index (χ1) is 12.7. The highest BCUT2D eigenvalue weighted by Crippen LogP contribution is 2.31. The van der Waals surface area contributed by atoms with Gasteiger partial charge >= 0.3 is 0 Å². The third-order valence-corrected chi connectivity index (χ3v) is 5.87. The van der Waals surface area contributed by atoms with Crippen molar-refractivity contribution in [2.75, 3.05) is 5.32 Å². The maximum atomic E-state index is 4.84. The molecule has 1 aliphatic rings. The molecule has 0 amide bonds. The van der Waals surface area contributed by atoms with Gasteiger partial charge in [0.2, 0.25) is 0 Å². The summed E-state index contributed by atoms with van der Waals surface area (Å²) in [6.07, 6.45) is 4.49. The largest absolute Gasteiger partial charge is 0.360 e. The van der Waals surface area contributed by atoms with Crippen molar-refractivity contribution >= 4 is 17.2 Å². The molecule has 3 aromatic rings. The Kier molecular flexibility index (Phi) is 4.65. The lowest BCUT2D eigenvalue weighted by Crippen LogP contribution is -2.14. The van der Waals surface area contributed by atoms with Crippen LogP contribution in [0.15, 0.2) is 24.5 Å². The molecule has 1 aliphatic heterocycles. The van der Waals surface area contributed by atoms with Crippen LogP contribution in [0.25, 0.3) is 11.4 Å². The molecule has 0 bridgehead atoms. The van der Waals surface area contributed by atoms with Gasteiger partial charge < -0.3 is 10.6 Å². The molecule has 0 radical (unpaired) electrons. The molecule has 0 spiro atoms. The van der Waals surface area contributed by atoms with E-state index in [2.05, 4.69) is 36.4 Å². The number of nitrogens with zero attached hydrogens (tertiary/aromatic N) is 4. The summed E-state index contributed by atoms with van der Waals surface area (Å²) in [5, 5.41) is 8.14. The van der Waals surface area contributed by atoms with E-state index in [0.717, 1.165) is 58.7 Å². The molecule has 26 heavy (non-hydrogen) atoms. The summed E-state index contributed by atoms with van der Waals surface area (Å²) in [5.74, 6) is 1.64. The molecule has 7 heteroatoms. The van der Waals surface area contributed by atoms with Crippen molar-refractivity contribution in [3.63, 3.8) is 0 Å². The molecule has 134 valence electrons. The van der Waals surface area contributed by atoms with E-state index in [1.54, 1.807) is 23.7 Å². The van der Waals surface area contributed by atoms with Gasteiger partial charge in [0.1, 0.15) is 10.8 Å². The van der Waals surface area contributed by atoms with E-state index in [-0.39, 0.29) is 6.04 Å². The highest BCUT2D eigenvalue weighted by atomic mass is 32.1. The van der Waals surface area contributed by atoms with Crippen LogP contribution >= 0.6 is 11.3 Å². The monoisotopic (exact) mass is 366 g/mol. The van der Waals surface area contributed by atoms with Crippen LogP contribution in [-0.2, 0) is 13.1 Å². The minimum Gasteiger partial charge on any atom is -0.360 e. The molecule has 0 fully saturated rings. The Labute approximate surface area is 157 Å². The van der Waals surface area contributed by atoms with Crippen LogP contribution in [-0.4, -0.2) is 19.9 Å². The summed E-state index contributed by atoms with van der Waals surface area (Å²) in [7, 11) is 0. The average Bonchev–Trinajstić information content (AvgIpc) is 3.27. The van der Waals surface area contributed by atoms with Gasteiger partial charge in [0.15, 0.2) is 5.82 Å². The Balaban J connectivity index is 1.72. The SMILES string of the molecule is CC[C@H](Nc1nc(-c2ccncc2)nc2c1CNC2)c1nc(C)c(C)s1. The fourth-order valence-corrected chi connectivity index (χ4v) is 4.13. The normalized spacial score (nSPS) is 14.3. The van der Waals surface area contributed by atoms with E-state index in [0.29, 0.717) is 0 Å². The van der Waals surface area contributed by atoms with Crippen LogP contribution < -0.4 is 10.6 Å². The van der Waals surface area contributed by atoms with E-state index in [4.69, 9.17) is 15.0 Å². The first-order valence-electron chi connectivity index (χ1n) is 8.87. The third-order valence-electron chi connectivity index (χ3n) is 4.69. The highest BCUT2D eigenvalue weighted by Gasteiger charge is 2.23. The molecule has 4 heterocycles. The summed E-state index contributed by atoms with van der Waals surface area (Å²) >= 11 is 1.76. The average molecular weight is 366 g/mol. The molecule has 0 saturated carbocycles. The van der Waals surface area contributed by atoms with Gasteiger partial charge in [0.25, 0.3) is 0 Å². The first kappa shape index (κ1) is 17.1.